The van der Waals surface area contributed by atoms with Crippen molar-refractivity contribution in [2.75, 3.05) is 39.8 Å². The molecular formula is C13H29N3O3S. The first-order chi connectivity index (χ1) is 9.40. The van der Waals surface area contributed by atoms with Crippen molar-refractivity contribution in [3.63, 3.8) is 0 Å². The van der Waals surface area contributed by atoms with E-state index in [4.69, 9.17) is 5.11 Å². The number of hydrogen-bond acceptors (Lipinski definition) is 4. The Kier molecular flexibility index (Phi) is 7.39. The van der Waals surface area contributed by atoms with E-state index in [0.717, 1.165) is 19.3 Å². The lowest BCUT2D eigenvalue weighted by molar-refractivity contribution is 0.169. The molecule has 20 heavy (non-hydrogen) atoms. The maximum Gasteiger partial charge on any atom is 0.279 e. The van der Waals surface area contributed by atoms with Gasteiger partial charge in [0, 0.05) is 38.8 Å². The third-order valence-electron chi connectivity index (χ3n) is 4.26. The summed E-state index contributed by atoms with van der Waals surface area (Å²) >= 11 is 0. The maximum absolute atomic E-state index is 12.1. The Morgan fingerprint density at radius 1 is 1.40 bits per heavy atom. The normalized spacial score (nSPS) is 20.4. The highest BCUT2D eigenvalue weighted by atomic mass is 32.2. The molecule has 1 atom stereocenters. The number of hydrogen-bond donors (Lipinski definition) is 2. The van der Waals surface area contributed by atoms with Crippen LogP contribution in [0.2, 0.25) is 0 Å². The number of piperidine rings is 1. The number of nitrogens with zero attached hydrogens (tertiary/aromatic N) is 2. The van der Waals surface area contributed by atoms with Gasteiger partial charge in [-0.1, -0.05) is 6.92 Å². The van der Waals surface area contributed by atoms with E-state index in [2.05, 4.69) is 23.5 Å². The van der Waals surface area contributed by atoms with E-state index in [0.29, 0.717) is 32.2 Å². The van der Waals surface area contributed by atoms with E-state index in [-0.39, 0.29) is 12.5 Å². The van der Waals surface area contributed by atoms with Crippen LogP contribution in [0, 0.1) is 5.92 Å². The molecule has 0 bridgehead atoms. The minimum atomic E-state index is -3.37. The third-order valence-corrected chi connectivity index (χ3v) is 5.88. The van der Waals surface area contributed by atoms with Crippen LogP contribution >= 0.6 is 0 Å². The summed E-state index contributed by atoms with van der Waals surface area (Å²) in [4.78, 5) is 2.15. The summed E-state index contributed by atoms with van der Waals surface area (Å²) in [5.41, 5.74) is 0. The number of likely N-dealkylation sites (N-methyl/N-ethyl adjacent to an activating group) is 1. The fourth-order valence-corrected chi connectivity index (χ4v) is 3.53. The highest BCUT2D eigenvalue weighted by molar-refractivity contribution is 7.87. The van der Waals surface area contributed by atoms with Crippen molar-refractivity contribution in [2.45, 2.75) is 39.2 Å². The van der Waals surface area contributed by atoms with Gasteiger partial charge in [0.15, 0.2) is 0 Å². The van der Waals surface area contributed by atoms with E-state index in [1.54, 1.807) is 0 Å². The zero-order valence-corrected chi connectivity index (χ0v) is 13.7. The standard InChI is InChI=1S/C13H29N3O3S/c1-4-12(2)15(3)10-7-14-20(18,19)16-8-5-13(11-17)6-9-16/h12-14,17H,4-11H2,1-3H3. The quantitative estimate of drug-likeness (QED) is 0.674. The number of aliphatic hydroxyl groups excluding tert-OH is 1. The van der Waals surface area contributed by atoms with Crippen LogP contribution in [0.15, 0.2) is 0 Å². The van der Waals surface area contributed by atoms with Crippen molar-refractivity contribution < 1.29 is 13.5 Å². The first kappa shape index (κ1) is 17.8. The second kappa shape index (κ2) is 8.29. The van der Waals surface area contributed by atoms with E-state index < -0.39 is 10.2 Å². The Morgan fingerprint density at radius 3 is 2.50 bits per heavy atom. The monoisotopic (exact) mass is 307 g/mol. The summed E-state index contributed by atoms with van der Waals surface area (Å²) in [6.45, 7) is 6.56. The van der Waals surface area contributed by atoms with Crippen LogP contribution in [0.5, 0.6) is 0 Å². The molecule has 0 aromatic carbocycles. The summed E-state index contributed by atoms with van der Waals surface area (Å²) in [5.74, 6) is 0.248. The zero-order chi connectivity index (χ0) is 15.2. The van der Waals surface area contributed by atoms with Crippen LogP contribution in [0.25, 0.3) is 0 Å². The Balaban J connectivity index is 2.35. The molecule has 0 amide bonds. The van der Waals surface area contributed by atoms with Crippen LogP contribution in [0.1, 0.15) is 33.1 Å². The van der Waals surface area contributed by atoms with Crippen molar-refractivity contribution >= 4 is 10.2 Å². The average Bonchev–Trinajstić information content (AvgIpc) is 2.46. The molecule has 7 heteroatoms. The lowest BCUT2D eigenvalue weighted by Gasteiger charge is -2.30. The lowest BCUT2D eigenvalue weighted by atomic mass is 10.00. The molecule has 1 heterocycles. The summed E-state index contributed by atoms with van der Waals surface area (Å²) in [5, 5.41) is 9.07. The fourth-order valence-electron chi connectivity index (χ4n) is 2.31. The van der Waals surface area contributed by atoms with E-state index in [1.165, 1.54) is 4.31 Å². The smallest absolute Gasteiger partial charge is 0.279 e. The molecule has 0 radical (unpaired) electrons. The largest absolute Gasteiger partial charge is 0.396 e. The predicted octanol–water partition coefficient (Wildman–Crippen LogP) is 0.255. The fraction of sp³-hybridized carbons (Fsp3) is 1.00. The summed E-state index contributed by atoms with van der Waals surface area (Å²) in [7, 11) is -1.36. The van der Waals surface area contributed by atoms with Gasteiger partial charge in [0.25, 0.3) is 10.2 Å². The molecule has 0 aromatic heterocycles. The first-order valence-corrected chi connectivity index (χ1v) is 8.90. The molecule has 120 valence electrons. The highest BCUT2D eigenvalue weighted by Gasteiger charge is 2.27. The number of aliphatic hydroxyl groups is 1. The van der Waals surface area contributed by atoms with Crippen molar-refractivity contribution in [1.29, 1.82) is 0 Å². The van der Waals surface area contributed by atoms with Gasteiger partial charge in [0.05, 0.1) is 0 Å². The number of rotatable bonds is 8. The van der Waals surface area contributed by atoms with Crippen LogP contribution < -0.4 is 4.72 Å². The molecule has 1 saturated heterocycles. The van der Waals surface area contributed by atoms with Gasteiger partial charge in [-0.3, -0.25) is 0 Å². The van der Waals surface area contributed by atoms with Gasteiger partial charge in [-0.2, -0.15) is 12.7 Å². The molecular weight excluding hydrogens is 278 g/mol. The molecule has 1 fully saturated rings. The molecule has 0 spiro atoms. The molecule has 0 saturated carbocycles. The van der Waals surface area contributed by atoms with E-state index in [1.807, 2.05) is 7.05 Å². The third kappa shape index (κ3) is 5.29. The second-order valence-corrected chi connectivity index (χ2v) is 7.42. The highest BCUT2D eigenvalue weighted by Crippen LogP contribution is 2.18. The molecule has 0 aromatic rings. The average molecular weight is 307 g/mol. The van der Waals surface area contributed by atoms with Crippen molar-refractivity contribution in [3.05, 3.63) is 0 Å². The Bertz CT molecular complexity index is 367. The van der Waals surface area contributed by atoms with E-state index in [9.17, 15) is 8.42 Å². The summed E-state index contributed by atoms with van der Waals surface area (Å²) < 4.78 is 28.4. The molecule has 1 unspecified atom stereocenters. The van der Waals surface area contributed by atoms with Gasteiger partial charge in [-0.15, -0.1) is 0 Å². The van der Waals surface area contributed by atoms with Crippen LogP contribution in [0.4, 0.5) is 0 Å². The topological polar surface area (TPSA) is 72.9 Å². The van der Waals surface area contributed by atoms with Gasteiger partial charge in [-0.25, -0.2) is 4.72 Å². The van der Waals surface area contributed by atoms with Crippen LogP contribution in [0.3, 0.4) is 0 Å². The minimum absolute atomic E-state index is 0.154. The van der Waals surface area contributed by atoms with Crippen molar-refractivity contribution in [2.24, 2.45) is 5.92 Å². The van der Waals surface area contributed by atoms with Crippen LogP contribution in [-0.2, 0) is 10.2 Å². The Hall–Kier alpha value is -0.210. The van der Waals surface area contributed by atoms with Crippen molar-refractivity contribution in [1.82, 2.24) is 13.9 Å². The van der Waals surface area contributed by atoms with Crippen molar-refractivity contribution in [3.8, 4) is 0 Å². The molecule has 1 rings (SSSR count). The molecule has 2 N–H and O–H groups in total. The predicted molar refractivity (Wildman–Crippen MR) is 80.7 cm³/mol. The molecule has 6 nitrogen and oxygen atoms in total. The number of nitrogens with one attached hydrogen (secondary N) is 1. The lowest BCUT2D eigenvalue weighted by Crippen LogP contribution is -2.47. The Morgan fingerprint density at radius 2 is 2.00 bits per heavy atom. The second-order valence-electron chi connectivity index (χ2n) is 5.66. The first-order valence-electron chi connectivity index (χ1n) is 7.46. The zero-order valence-electron chi connectivity index (χ0n) is 12.9. The Labute approximate surface area is 123 Å². The SMILES string of the molecule is CCC(C)N(C)CCNS(=O)(=O)N1CCC(CO)CC1. The van der Waals surface area contributed by atoms with Gasteiger partial charge < -0.3 is 10.0 Å². The molecule has 1 aliphatic rings. The van der Waals surface area contributed by atoms with Gasteiger partial charge in [0.1, 0.15) is 0 Å². The summed E-state index contributed by atoms with van der Waals surface area (Å²) in [6, 6.07) is 0.458. The van der Waals surface area contributed by atoms with Gasteiger partial charge in [0.2, 0.25) is 0 Å². The molecule has 1 aliphatic heterocycles. The maximum atomic E-state index is 12.1. The van der Waals surface area contributed by atoms with Gasteiger partial charge in [-0.05, 0) is 39.2 Å². The summed E-state index contributed by atoms with van der Waals surface area (Å²) in [6.07, 6.45) is 2.53. The van der Waals surface area contributed by atoms with E-state index >= 15 is 0 Å². The minimum Gasteiger partial charge on any atom is -0.396 e. The molecule has 0 aliphatic carbocycles. The van der Waals surface area contributed by atoms with Crippen LogP contribution in [-0.4, -0.2) is 68.6 Å². The van der Waals surface area contributed by atoms with Gasteiger partial charge >= 0.3 is 0 Å².